The van der Waals surface area contributed by atoms with E-state index >= 15 is 0 Å². The van der Waals surface area contributed by atoms with Crippen molar-refractivity contribution in [3.63, 3.8) is 0 Å². The minimum atomic E-state index is 0.597. The van der Waals surface area contributed by atoms with E-state index in [4.69, 9.17) is 4.74 Å². The maximum Gasteiger partial charge on any atom is 0.129 e. The van der Waals surface area contributed by atoms with E-state index < -0.39 is 0 Å². The zero-order valence-corrected chi connectivity index (χ0v) is 5.33. The topological polar surface area (TPSA) is 35.3 Å². The highest BCUT2D eigenvalue weighted by molar-refractivity contribution is 4.97. The van der Waals surface area contributed by atoms with Gasteiger partial charge in [-0.05, 0) is 6.92 Å². The largest absolute Gasteiger partial charge is 0.377 e. The van der Waals surface area contributed by atoms with E-state index in [9.17, 15) is 0 Å². The first kappa shape index (κ1) is 6.29. The number of rotatable bonds is 3. The molecule has 1 rings (SSSR count). The Balaban J connectivity index is 2.30. The van der Waals surface area contributed by atoms with Crippen LogP contribution >= 0.6 is 0 Å². The summed E-state index contributed by atoms with van der Waals surface area (Å²) in [6.07, 6.45) is 3.23. The van der Waals surface area contributed by atoms with Gasteiger partial charge in [-0.1, -0.05) is 5.16 Å². The SMILES string of the molecule is CCOCc1cnoc1. The molecule has 0 fully saturated rings. The van der Waals surface area contributed by atoms with Crippen LogP contribution in [-0.2, 0) is 11.3 Å². The number of ether oxygens (including phenoxy) is 1. The Morgan fingerprint density at radius 1 is 1.78 bits per heavy atom. The second-order valence-corrected chi connectivity index (χ2v) is 1.67. The van der Waals surface area contributed by atoms with Crippen molar-refractivity contribution < 1.29 is 9.26 Å². The Morgan fingerprint density at radius 3 is 3.22 bits per heavy atom. The van der Waals surface area contributed by atoms with Crippen LogP contribution in [0.3, 0.4) is 0 Å². The molecule has 0 saturated carbocycles. The molecule has 0 aliphatic carbocycles. The Hall–Kier alpha value is -0.830. The molecule has 3 heteroatoms. The van der Waals surface area contributed by atoms with Crippen molar-refractivity contribution in [3.05, 3.63) is 18.0 Å². The lowest BCUT2D eigenvalue weighted by molar-refractivity contribution is 0.133. The van der Waals surface area contributed by atoms with E-state index in [1.54, 1.807) is 12.5 Å². The lowest BCUT2D eigenvalue weighted by atomic mass is 10.4. The molecule has 0 aliphatic rings. The summed E-state index contributed by atoms with van der Waals surface area (Å²) in [5.74, 6) is 0. The van der Waals surface area contributed by atoms with Gasteiger partial charge in [-0.25, -0.2) is 0 Å². The van der Waals surface area contributed by atoms with Crippen LogP contribution in [0.4, 0.5) is 0 Å². The summed E-state index contributed by atoms with van der Waals surface area (Å²) >= 11 is 0. The lowest BCUT2D eigenvalue weighted by Crippen LogP contribution is -1.88. The minimum absolute atomic E-state index is 0.597. The van der Waals surface area contributed by atoms with Gasteiger partial charge in [0.1, 0.15) is 6.26 Å². The van der Waals surface area contributed by atoms with Gasteiger partial charge in [0.05, 0.1) is 12.8 Å². The van der Waals surface area contributed by atoms with Crippen LogP contribution in [0.1, 0.15) is 12.5 Å². The van der Waals surface area contributed by atoms with Gasteiger partial charge >= 0.3 is 0 Å². The molecule has 0 radical (unpaired) electrons. The van der Waals surface area contributed by atoms with E-state index in [0.29, 0.717) is 6.61 Å². The summed E-state index contributed by atoms with van der Waals surface area (Å²) in [7, 11) is 0. The fourth-order valence-corrected chi connectivity index (χ4v) is 0.518. The van der Waals surface area contributed by atoms with Crippen LogP contribution in [0.15, 0.2) is 17.0 Å². The second kappa shape index (κ2) is 3.25. The maximum absolute atomic E-state index is 5.08. The number of aromatic nitrogens is 1. The molecule has 3 nitrogen and oxygen atoms in total. The highest BCUT2D eigenvalue weighted by Gasteiger charge is 1.91. The van der Waals surface area contributed by atoms with Crippen LogP contribution in [0.25, 0.3) is 0 Å². The first-order valence-corrected chi connectivity index (χ1v) is 2.89. The summed E-state index contributed by atoms with van der Waals surface area (Å²) in [6.45, 7) is 3.28. The fraction of sp³-hybridized carbons (Fsp3) is 0.500. The van der Waals surface area contributed by atoms with Crippen molar-refractivity contribution in [2.24, 2.45) is 0 Å². The standard InChI is InChI=1S/C6H9NO2/c1-2-8-4-6-3-7-9-5-6/h3,5H,2,4H2,1H3. The van der Waals surface area contributed by atoms with Crippen LogP contribution < -0.4 is 0 Å². The summed E-state index contributed by atoms with van der Waals surface area (Å²) < 4.78 is 9.66. The van der Waals surface area contributed by atoms with Gasteiger partial charge in [0.2, 0.25) is 0 Å². The second-order valence-electron chi connectivity index (χ2n) is 1.67. The van der Waals surface area contributed by atoms with Gasteiger partial charge in [0, 0.05) is 12.2 Å². The zero-order chi connectivity index (χ0) is 6.53. The molecule has 0 aromatic carbocycles. The first-order valence-electron chi connectivity index (χ1n) is 2.89. The Labute approximate surface area is 53.6 Å². The lowest BCUT2D eigenvalue weighted by Gasteiger charge is -1.92. The normalized spacial score (nSPS) is 9.89. The molecule has 0 amide bonds. The molecule has 0 N–H and O–H groups in total. The number of nitrogens with zero attached hydrogens (tertiary/aromatic N) is 1. The van der Waals surface area contributed by atoms with Gasteiger partial charge < -0.3 is 9.26 Å². The third kappa shape index (κ3) is 1.85. The molecule has 0 unspecified atom stereocenters. The van der Waals surface area contributed by atoms with Crippen LogP contribution in [-0.4, -0.2) is 11.8 Å². The van der Waals surface area contributed by atoms with Crippen molar-refractivity contribution in [1.82, 2.24) is 5.16 Å². The number of hydrogen-bond acceptors (Lipinski definition) is 3. The third-order valence-corrected chi connectivity index (χ3v) is 0.956. The van der Waals surface area contributed by atoms with E-state index in [-0.39, 0.29) is 0 Å². The monoisotopic (exact) mass is 127 g/mol. The summed E-state index contributed by atoms with van der Waals surface area (Å²) in [6, 6.07) is 0. The average molecular weight is 127 g/mol. The quantitative estimate of drug-likeness (QED) is 0.612. The van der Waals surface area contributed by atoms with E-state index in [2.05, 4.69) is 9.68 Å². The Kier molecular flexibility index (Phi) is 2.27. The van der Waals surface area contributed by atoms with Gasteiger partial charge in [-0.2, -0.15) is 0 Å². The van der Waals surface area contributed by atoms with E-state index in [1.807, 2.05) is 6.92 Å². The van der Waals surface area contributed by atoms with Crippen molar-refractivity contribution in [2.45, 2.75) is 13.5 Å². The molecular formula is C6H9NO2. The Bertz CT molecular complexity index is 148. The molecule has 0 atom stereocenters. The molecule has 9 heavy (non-hydrogen) atoms. The molecule has 50 valence electrons. The van der Waals surface area contributed by atoms with Crippen molar-refractivity contribution in [3.8, 4) is 0 Å². The summed E-state index contributed by atoms with van der Waals surface area (Å²) in [5.41, 5.74) is 0.983. The Morgan fingerprint density at radius 2 is 2.67 bits per heavy atom. The highest BCUT2D eigenvalue weighted by atomic mass is 16.5. The average Bonchev–Trinajstić information content (AvgIpc) is 2.34. The molecule has 0 saturated heterocycles. The van der Waals surface area contributed by atoms with E-state index in [1.165, 1.54) is 0 Å². The van der Waals surface area contributed by atoms with Crippen molar-refractivity contribution >= 4 is 0 Å². The molecule has 0 aliphatic heterocycles. The van der Waals surface area contributed by atoms with E-state index in [0.717, 1.165) is 12.2 Å². The van der Waals surface area contributed by atoms with Crippen molar-refractivity contribution in [1.29, 1.82) is 0 Å². The van der Waals surface area contributed by atoms with Gasteiger partial charge in [0.25, 0.3) is 0 Å². The molecule has 1 aromatic rings. The molecule has 1 heterocycles. The summed E-state index contributed by atoms with van der Waals surface area (Å²) in [4.78, 5) is 0. The molecule has 1 aromatic heterocycles. The van der Waals surface area contributed by atoms with Crippen LogP contribution in [0.2, 0.25) is 0 Å². The van der Waals surface area contributed by atoms with Gasteiger partial charge in [0.15, 0.2) is 0 Å². The fourth-order valence-electron chi connectivity index (χ4n) is 0.518. The van der Waals surface area contributed by atoms with Crippen LogP contribution in [0.5, 0.6) is 0 Å². The molecule has 0 bridgehead atoms. The molecular weight excluding hydrogens is 118 g/mol. The minimum Gasteiger partial charge on any atom is -0.377 e. The molecule has 0 spiro atoms. The summed E-state index contributed by atoms with van der Waals surface area (Å²) in [5, 5.41) is 3.52. The van der Waals surface area contributed by atoms with Gasteiger partial charge in [-0.3, -0.25) is 0 Å². The predicted molar refractivity (Wildman–Crippen MR) is 31.8 cm³/mol. The highest BCUT2D eigenvalue weighted by Crippen LogP contribution is 1.97. The first-order chi connectivity index (χ1) is 4.43. The van der Waals surface area contributed by atoms with Crippen molar-refractivity contribution in [2.75, 3.05) is 6.61 Å². The zero-order valence-electron chi connectivity index (χ0n) is 5.33. The smallest absolute Gasteiger partial charge is 0.129 e. The van der Waals surface area contributed by atoms with Crippen LogP contribution in [0, 0.1) is 0 Å². The maximum atomic E-state index is 5.08. The number of hydrogen-bond donors (Lipinski definition) is 0. The third-order valence-electron chi connectivity index (χ3n) is 0.956. The predicted octanol–water partition coefficient (Wildman–Crippen LogP) is 1.21. The van der Waals surface area contributed by atoms with Gasteiger partial charge in [-0.15, -0.1) is 0 Å².